The molecule has 1 aromatic heterocycles. The summed E-state index contributed by atoms with van der Waals surface area (Å²) in [6.45, 7) is 7.14. The summed E-state index contributed by atoms with van der Waals surface area (Å²) < 4.78 is 5.56. The Bertz CT molecular complexity index is 372. The van der Waals surface area contributed by atoms with Crippen molar-refractivity contribution in [2.45, 2.75) is 32.1 Å². The van der Waals surface area contributed by atoms with Crippen LogP contribution < -0.4 is 5.32 Å². The lowest BCUT2D eigenvalue weighted by Gasteiger charge is -2.12. The Kier molecular flexibility index (Phi) is 3.05. The summed E-state index contributed by atoms with van der Waals surface area (Å²) >= 11 is 1.79. The second kappa shape index (κ2) is 4.31. The topological polar surface area (TPSA) is 37.5 Å². The third-order valence-corrected chi connectivity index (χ3v) is 3.35. The van der Waals surface area contributed by atoms with Gasteiger partial charge in [0.05, 0.1) is 12.6 Å². The Hall–Kier alpha value is -0.900. The molecule has 0 aromatic carbocycles. The van der Waals surface area contributed by atoms with E-state index in [0.29, 0.717) is 5.25 Å². The highest BCUT2D eigenvalue weighted by Crippen LogP contribution is 2.22. The van der Waals surface area contributed by atoms with Crippen LogP contribution in [0.25, 0.3) is 0 Å². The van der Waals surface area contributed by atoms with Gasteiger partial charge in [-0.2, -0.15) is 0 Å². The van der Waals surface area contributed by atoms with Gasteiger partial charge < -0.3 is 9.73 Å². The molecule has 2 atom stereocenters. The van der Waals surface area contributed by atoms with Crippen molar-refractivity contribution in [2.24, 2.45) is 4.99 Å². The van der Waals surface area contributed by atoms with Gasteiger partial charge in [0.2, 0.25) is 0 Å². The summed E-state index contributed by atoms with van der Waals surface area (Å²) in [5.41, 5.74) is 0. The molecule has 1 aromatic rings. The van der Waals surface area contributed by atoms with Crippen LogP contribution in [0.2, 0.25) is 0 Å². The van der Waals surface area contributed by atoms with Crippen LogP contribution >= 0.6 is 11.8 Å². The van der Waals surface area contributed by atoms with Gasteiger partial charge in [0.15, 0.2) is 5.17 Å². The molecule has 1 aliphatic heterocycles. The van der Waals surface area contributed by atoms with E-state index in [1.54, 1.807) is 11.8 Å². The predicted octanol–water partition coefficient (Wildman–Crippen LogP) is 2.73. The first-order chi connectivity index (χ1) is 7.15. The highest BCUT2D eigenvalue weighted by molar-refractivity contribution is 8.14. The Labute approximate surface area is 94.3 Å². The minimum atomic E-state index is 0.190. The van der Waals surface area contributed by atoms with E-state index in [1.807, 2.05) is 19.1 Å². The van der Waals surface area contributed by atoms with Crippen molar-refractivity contribution in [2.75, 3.05) is 6.54 Å². The summed E-state index contributed by atoms with van der Waals surface area (Å²) in [6, 6.07) is 4.19. The molecular weight excluding hydrogens is 208 g/mol. The zero-order valence-corrected chi connectivity index (χ0v) is 10.1. The van der Waals surface area contributed by atoms with Crippen LogP contribution in [0.1, 0.15) is 31.4 Å². The van der Waals surface area contributed by atoms with Gasteiger partial charge in [-0.15, -0.1) is 0 Å². The molecule has 0 amide bonds. The smallest absolute Gasteiger partial charge is 0.157 e. The van der Waals surface area contributed by atoms with E-state index in [0.717, 1.165) is 23.2 Å². The fourth-order valence-electron chi connectivity index (χ4n) is 1.50. The van der Waals surface area contributed by atoms with Crippen LogP contribution in [0, 0.1) is 6.92 Å². The van der Waals surface area contributed by atoms with Crippen molar-refractivity contribution >= 4 is 16.9 Å². The number of amidine groups is 1. The molecule has 0 radical (unpaired) electrons. The van der Waals surface area contributed by atoms with Crippen LogP contribution in [0.4, 0.5) is 0 Å². The molecule has 1 aliphatic rings. The molecule has 0 fully saturated rings. The fraction of sp³-hybridized carbons (Fsp3) is 0.545. The number of nitrogens with zero attached hydrogens (tertiary/aromatic N) is 1. The highest BCUT2D eigenvalue weighted by atomic mass is 32.2. The van der Waals surface area contributed by atoms with E-state index in [4.69, 9.17) is 4.42 Å². The van der Waals surface area contributed by atoms with E-state index in [-0.39, 0.29) is 6.04 Å². The van der Waals surface area contributed by atoms with Crippen molar-refractivity contribution in [3.63, 3.8) is 0 Å². The molecule has 0 bridgehead atoms. The van der Waals surface area contributed by atoms with Crippen molar-refractivity contribution in [1.82, 2.24) is 5.32 Å². The number of hydrogen-bond donors (Lipinski definition) is 1. The molecule has 0 spiro atoms. The van der Waals surface area contributed by atoms with Crippen LogP contribution in [0.15, 0.2) is 21.5 Å². The first-order valence-corrected chi connectivity index (χ1v) is 6.07. The maximum absolute atomic E-state index is 5.56. The van der Waals surface area contributed by atoms with Gasteiger partial charge in [-0.3, -0.25) is 4.99 Å². The summed E-state index contributed by atoms with van der Waals surface area (Å²) in [6.07, 6.45) is 0. The highest BCUT2D eigenvalue weighted by Gasteiger charge is 2.18. The molecule has 1 N–H and O–H groups in total. The minimum absolute atomic E-state index is 0.190. The molecule has 0 saturated carbocycles. The second-order valence-corrected chi connectivity index (χ2v) is 5.32. The van der Waals surface area contributed by atoms with Crippen LogP contribution in [-0.4, -0.2) is 17.0 Å². The van der Waals surface area contributed by atoms with E-state index >= 15 is 0 Å². The van der Waals surface area contributed by atoms with Crippen molar-refractivity contribution in [3.05, 3.63) is 23.7 Å². The van der Waals surface area contributed by atoms with E-state index in [9.17, 15) is 0 Å². The predicted molar refractivity (Wildman–Crippen MR) is 64.4 cm³/mol. The number of thioether (sulfide) groups is 1. The summed E-state index contributed by atoms with van der Waals surface area (Å²) in [4.78, 5) is 4.42. The number of hydrogen-bond acceptors (Lipinski definition) is 4. The number of nitrogens with one attached hydrogen (secondary N) is 1. The van der Waals surface area contributed by atoms with Crippen LogP contribution in [0.5, 0.6) is 0 Å². The second-order valence-electron chi connectivity index (χ2n) is 3.89. The first kappa shape index (κ1) is 10.6. The van der Waals surface area contributed by atoms with Gasteiger partial charge in [0.25, 0.3) is 0 Å². The summed E-state index contributed by atoms with van der Waals surface area (Å²) in [5, 5.41) is 4.98. The number of furan rings is 1. The monoisotopic (exact) mass is 224 g/mol. The molecular formula is C11H16N2OS. The van der Waals surface area contributed by atoms with E-state index in [1.165, 1.54) is 0 Å². The third-order valence-electron chi connectivity index (χ3n) is 2.33. The van der Waals surface area contributed by atoms with Crippen molar-refractivity contribution < 1.29 is 4.42 Å². The molecule has 4 heteroatoms. The molecule has 2 rings (SSSR count). The largest absolute Gasteiger partial charge is 0.464 e. The maximum atomic E-state index is 5.56. The average molecular weight is 224 g/mol. The van der Waals surface area contributed by atoms with Gasteiger partial charge in [0.1, 0.15) is 11.5 Å². The lowest BCUT2D eigenvalue weighted by atomic mass is 10.2. The zero-order chi connectivity index (χ0) is 10.8. The third kappa shape index (κ3) is 2.56. The Morgan fingerprint density at radius 3 is 2.93 bits per heavy atom. The molecule has 0 aliphatic carbocycles. The standard InChI is InChI=1S/C11H16N2OS/c1-7-4-5-10(14-7)9(3)13-11-12-6-8(2)15-11/h4-5,8-9H,6H2,1-3H3,(H,12,13). The maximum Gasteiger partial charge on any atom is 0.157 e. The molecule has 3 nitrogen and oxygen atoms in total. The van der Waals surface area contributed by atoms with E-state index < -0.39 is 0 Å². The normalized spacial score (nSPS) is 22.6. The molecule has 82 valence electrons. The zero-order valence-electron chi connectivity index (χ0n) is 9.28. The fourth-order valence-corrected chi connectivity index (χ4v) is 2.42. The Balaban J connectivity index is 1.95. The number of aliphatic imine (C=N–C) groups is 1. The summed E-state index contributed by atoms with van der Waals surface area (Å²) in [5.74, 6) is 1.92. The lowest BCUT2D eigenvalue weighted by Crippen LogP contribution is -2.22. The molecule has 15 heavy (non-hydrogen) atoms. The SMILES string of the molecule is Cc1ccc(C(C)NC2=NCC(C)S2)o1. The average Bonchev–Trinajstić information content (AvgIpc) is 2.75. The summed E-state index contributed by atoms with van der Waals surface area (Å²) in [7, 11) is 0. The van der Waals surface area contributed by atoms with Crippen LogP contribution in [0.3, 0.4) is 0 Å². The first-order valence-electron chi connectivity index (χ1n) is 5.19. The van der Waals surface area contributed by atoms with Gasteiger partial charge in [0, 0.05) is 5.25 Å². The Morgan fingerprint density at radius 2 is 2.40 bits per heavy atom. The number of rotatable bonds is 2. The van der Waals surface area contributed by atoms with Gasteiger partial charge in [-0.1, -0.05) is 18.7 Å². The lowest BCUT2D eigenvalue weighted by molar-refractivity contribution is 0.444. The Morgan fingerprint density at radius 1 is 1.60 bits per heavy atom. The molecule has 2 heterocycles. The van der Waals surface area contributed by atoms with Crippen molar-refractivity contribution in [3.8, 4) is 0 Å². The molecule has 0 saturated heterocycles. The minimum Gasteiger partial charge on any atom is -0.464 e. The molecule has 2 unspecified atom stereocenters. The van der Waals surface area contributed by atoms with Crippen molar-refractivity contribution in [1.29, 1.82) is 0 Å². The van der Waals surface area contributed by atoms with E-state index in [2.05, 4.69) is 24.2 Å². The quantitative estimate of drug-likeness (QED) is 0.839. The van der Waals surface area contributed by atoms with Crippen LogP contribution in [-0.2, 0) is 0 Å². The number of aryl methyl sites for hydroxylation is 1. The van der Waals surface area contributed by atoms with Gasteiger partial charge in [-0.05, 0) is 26.0 Å². The van der Waals surface area contributed by atoms with Gasteiger partial charge in [-0.25, -0.2) is 0 Å². The van der Waals surface area contributed by atoms with Gasteiger partial charge >= 0.3 is 0 Å².